The summed E-state index contributed by atoms with van der Waals surface area (Å²) in [4.78, 5) is 22.4. The van der Waals surface area contributed by atoms with Crippen LogP contribution in [0.4, 0.5) is 5.69 Å². The lowest BCUT2D eigenvalue weighted by molar-refractivity contribution is 0.288. The van der Waals surface area contributed by atoms with E-state index in [4.69, 9.17) is 4.74 Å². The number of nitrogens with one attached hydrogen (secondary N) is 1. The monoisotopic (exact) mass is 370 g/mol. The van der Waals surface area contributed by atoms with Crippen molar-refractivity contribution in [1.82, 2.24) is 24.9 Å². The highest BCUT2D eigenvalue weighted by molar-refractivity contribution is 5.71. The number of pyridine rings is 1. The van der Waals surface area contributed by atoms with Gasteiger partial charge in [0.25, 0.3) is 0 Å². The van der Waals surface area contributed by atoms with E-state index in [-0.39, 0.29) is 0 Å². The van der Waals surface area contributed by atoms with E-state index >= 15 is 0 Å². The van der Waals surface area contributed by atoms with Crippen molar-refractivity contribution < 1.29 is 4.74 Å². The zero-order valence-electron chi connectivity index (χ0n) is 15.5. The third kappa shape index (κ3) is 3.91. The van der Waals surface area contributed by atoms with Crippen LogP contribution in [0.2, 0.25) is 0 Å². The van der Waals surface area contributed by atoms with Gasteiger partial charge in [-0.3, -0.25) is 0 Å². The molecular formula is C21H18N6O. The van der Waals surface area contributed by atoms with Gasteiger partial charge in [-0.05, 0) is 36.3 Å². The van der Waals surface area contributed by atoms with E-state index in [1.54, 1.807) is 18.7 Å². The van der Waals surface area contributed by atoms with Gasteiger partial charge in [0.2, 0.25) is 5.88 Å². The largest absolute Gasteiger partial charge is 0.469 e. The number of ether oxygens (including phenoxy) is 1. The maximum absolute atomic E-state index is 5.86. The van der Waals surface area contributed by atoms with Crippen LogP contribution in [0.15, 0.2) is 55.1 Å². The molecule has 7 nitrogen and oxygen atoms in total. The molecule has 0 radical (unpaired) electrons. The first-order chi connectivity index (χ1) is 13.7. The van der Waals surface area contributed by atoms with Gasteiger partial charge >= 0.3 is 0 Å². The van der Waals surface area contributed by atoms with Gasteiger partial charge in [-0.25, -0.2) is 19.9 Å². The number of aromatic nitrogens is 5. The van der Waals surface area contributed by atoms with Crippen molar-refractivity contribution >= 4 is 16.9 Å². The Morgan fingerprint density at radius 1 is 1.11 bits per heavy atom. The molecule has 3 aromatic heterocycles. The lowest BCUT2D eigenvalue weighted by atomic mass is 10.2. The normalized spacial score (nSPS) is 10.4. The molecule has 7 heteroatoms. The van der Waals surface area contributed by atoms with Crippen LogP contribution in [0.3, 0.4) is 0 Å². The van der Waals surface area contributed by atoms with E-state index in [0.717, 1.165) is 16.9 Å². The summed E-state index contributed by atoms with van der Waals surface area (Å²) in [6.45, 7) is 0.297. The standard InChI is InChI=1S/C21H18N6O/c1-27(2)17-6-3-5-15(11-17)8-9-19-21(28-13-16-12-22-14-24-16)26-18-7-4-10-23-20(18)25-19/h3-7,10-12,14H,13H2,1-2H3,(H,22,24). The topological polar surface area (TPSA) is 79.8 Å². The van der Waals surface area contributed by atoms with Crippen molar-refractivity contribution in [2.45, 2.75) is 6.61 Å². The number of rotatable bonds is 4. The molecular weight excluding hydrogens is 352 g/mol. The Kier molecular flexibility index (Phi) is 4.85. The van der Waals surface area contributed by atoms with Gasteiger partial charge in [-0.15, -0.1) is 0 Å². The SMILES string of the molecule is CN(C)c1cccc(C#Cc2nc3ncccc3nc2OCc2cnc[nH]2)c1. The minimum Gasteiger partial charge on any atom is -0.469 e. The molecule has 0 spiro atoms. The molecule has 1 N–H and O–H groups in total. The summed E-state index contributed by atoms with van der Waals surface area (Å²) in [6.07, 6.45) is 4.99. The Bertz CT molecular complexity index is 1160. The average Bonchev–Trinajstić information content (AvgIpc) is 3.24. The second-order valence-electron chi connectivity index (χ2n) is 6.28. The van der Waals surface area contributed by atoms with Crippen molar-refractivity contribution in [2.75, 3.05) is 19.0 Å². The van der Waals surface area contributed by atoms with Gasteiger partial charge in [0.05, 0.1) is 18.2 Å². The van der Waals surface area contributed by atoms with Crippen LogP contribution in [0.5, 0.6) is 5.88 Å². The van der Waals surface area contributed by atoms with Gasteiger partial charge in [0.15, 0.2) is 11.3 Å². The van der Waals surface area contributed by atoms with Crippen LogP contribution in [-0.2, 0) is 6.61 Å². The van der Waals surface area contributed by atoms with E-state index in [1.807, 2.05) is 55.4 Å². The number of aromatic amines is 1. The Labute approximate surface area is 162 Å². The molecule has 0 saturated carbocycles. The number of hydrogen-bond donors (Lipinski definition) is 1. The second kappa shape index (κ2) is 7.76. The van der Waals surface area contributed by atoms with Crippen molar-refractivity contribution in [3.63, 3.8) is 0 Å². The summed E-state index contributed by atoms with van der Waals surface area (Å²) < 4.78 is 5.86. The number of H-pyrrole nitrogens is 1. The van der Waals surface area contributed by atoms with Gasteiger partial charge in [0, 0.05) is 31.5 Å². The maximum atomic E-state index is 5.86. The zero-order chi connectivity index (χ0) is 19.3. The van der Waals surface area contributed by atoms with E-state index in [0.29, 0.717) is 29.3 Å². The Morgan fingerprint density at radius 2 is 2.04 bits per heavy atom. The molecule has 4 aromatic rings. The molecule has 0 atom stereocenters. The number of nitrogens with zero attached hydrogens (tertiary/aromatic N) is 5. The lowest BCUT2D eigenvalue weighted by Crippen LogP contribution is -2.08. The Morgan fingerprint density at radius 3 is 2.86 bits per heavy atom. The summed E-state index contributed by atoms with van der Waals surface area (Å²) in [5.74, 6) is 6.60. The van der Waals surface area contributed by atoms with Gasteiger partial charge in [-0.2, -0.15) is 0 Å². The first kappa shape index (κ1) is 17.5. The van der Waals surface area contributed by atoms with Crippen molar-refractivity contribution in [3.05, 3.63) is 72.1 Å². The van der Waals surface area contributed by atoms with E-state index in [2.05, 4.69) is 36.8 Å². The highest BCUT2D eigenvalue weighted by Gasteiger charge is 2.10. The van der Waals surface area contributed by atoms with Gasteiger partial charge in [-0.1, -0.05) is 12.0 Å². The number of benzene rings is 1. The van der Waals surface area contributed by atoms with E-state index in [1.165, 1.54) is 0 Å². The quantitative estimate of drug-likeness (QED) is 0.557. The molecule has 0 aliphatic heterocycles. The molecule has 3 heterocycles. The third-order valence-electron chi connectivity index (χ3n) is 4.02. The molecule has 0 bridgehead atoms. The first-order valence-corrected chi connectivity index (χ1v) is 8.71. The highest BCUT2D eigenvalue weighted by Crippen LogP contribution is 2.18. The summed E-state index contributed by atoms with van der Waals surface area (Å²) in [7, 11) is 3.99. The van der Waals surface area contributed by atoms with Crippen LogP contribution in [0, 0.1) is 11.8 Å². The number of fused-ring (bicyclic) bond motifs is 1. The third-order valence-corrected chi connectivity index (χ3v) is 4.02. The van der Waals surface area contributed by atoms with Crippen molar-refractivity contribution in [1.29, 1.82) is 0 Å². The summed E-state index contributed by atoms with van der Waals surface area (Å²) >= 11 is 0. The zero-order valence-corrected chi connectivity index (χ0v) is 15.5. The fourth-order valence-corrected chi connectivity index (χ4v) is 2.56. The minimum absolute atomic E-state index is 0.297. The summed E-state index contributed by atoms with van der Waals surface area (Å²) in [6, 6.07) is 11.6. The predicted octanol–water partition coefficient (Wildman–Crippen LogP) is 2.79. The van der Waals surface area contributed by atoms with Crippen molar-refractivity contribution in [2.24, 2.45) is 0 Å². The molecule has 1 aromatic carbocycles. The first-order valence-electron chi connectivity index (χ1n) is 8.71. The molecule has 0 aliphatic carbocycles. The smallest absolute Gasteiger partial charge is 0.250 e. The average molecular weight is 370 g/mol. The number of anilines is 1. The second-order valence-corrected chi connectivity index (χ2v) is 6.28. The predicted molar refractivity (Wildman–Crippen MR) is 107 cm³/mol. The Hall–Kier alpha value is -3.92. The minimum atomic E-state index is 0.297. The molecule has 0 aliphatic rings. The maximum Gasteiger partial charge on any atom is 0.250 e. The lowest BCUT2D eigenvalue weighted by Gasteiger charge is -2.11. The fraction of sp³-hybridized carbons (Fsp3) is 0.143. The summed E-state index contributed by atoms with van der Waals surface area (Å²) in [5.41, 5.74) is 4.43. The molecule has 0 saturated heterocycles. The number of hydrogen-bond acceptors (Lipinski definition) is 6. The van der Waals surface area contributed by atoms with Gasteiger partial charge in [0.1, 0.15) is 12.1 Å². The molecule has 4 rings (SSSR count). The molecule has 28 heavy (non-hydrogen) atoms. The van der Waals surface area contributed by atoms with E-state index < -0.39 is 0 Å². The van der Waals surface area contributed by atoms with Crippen molar-refractivity contribution in [3.8, 4) is 17.7 Å². The highest BCUT2D eigenvalue weighted by atomic mass is 16.5. The molecule has 0 fully saturated rings. The van der Waals surface area contributed by atoms with Gasteiger partial charge < -0.3 is 14.6 Å². The van der Waals surface area contributed by atoms with Crippen LogP contribution >= 0.6 is 0 Å². The Balaban J connectivity index is 1.70. The molecule has 0 unspecified atom stereocenters. The van der Waals surface area contributed by atoms with Crippen LogP contribution in [0.1, 0.15) is 17.0 Å². The van der Waals surface area contributed by atoms with Crippen LogP contribution in [-0.4, -0.2) is 39.0 Å². The summed E-state index contributed by atoms with van der Waals surface area (Å²) in [5, 5.41) is 0. The van der Waals surface area contributed by atoms with E-state index in [9.17, 15) is 0 Å². The fourth-order valence-electron chi connectivity index (χ4n) is 2.56. The molecule has 0 amide bonds. The van der Waals surface area contributed by atoms with Crippen LogP contribution in [0.25, 0.3) is 11.2 Å². The molecule has 138 valence electrons. The number of imidazole rings is 1. The van der Waals surface area contributed by atoms with Crippen LogP contribution < -0.4 is 9.64 Å².